The second-order valence-corrected chi connectivity index (χ2v) is 6.65. The summed E-state index contributed by atoms with van der Waals surface area (Å²) in [7, 11) is 5.89. The van der Waals surface area contributed by atoms with Crippen molar-refractivity contribution in [3.63, 3.8) is 0 Å². The van der Waals surface area contributed by atoms with Crippen LogP contribution in [0.4, 0.5) is 0 Å². The lowest BCUT2D eigenvalue weighted by atomic mass is 10.1. The van der Waals surface area contributed by atoms with Gasteiger partial charge in [-0.25, -0.2) is 0 Å². The van der Waals surface area contributed by atoms with Gasteiger partial charge in [-0.15, -0.1) is 11.6 Å². The number of halogens is 1. The molecule has 1 aliphatic rings. The van der Waals surface area contributed by atoms with Gasteiger partial charge in [0.1, 0.15) is 6.29 Å². The van der Waals surface area contributed by atoms with Crippen molar-refractivity contribution in [2.24, 2.45) is 4.99 Å². The molecule has 0 aromatic rings. The van der Waals surface area contributed by atoms with Crippen LogP contribution in [0, 0.1) is 0 Å². The SMILES string of the molecule is CN(C)/C=C\C(C=O)=C(/CCl)CN(C)CCC1=NCCC/C=C/C=C1. The fraction of sp³-hybridized carbons (Fsp3) is 0.500. The molecule has 0 aliphatic carbocycles. The minimum absolute atomic E-state index is 0.349. The topological polar surface area (TPSA) is 35.9 Å². The van der Waals surface area contributed by atoms with Crippen LogP contribution in [-0.2, 0) is 4.79 Å². The molecule has 0 spiro atoms. The van der Waals surface area contributed by atoms with E-state index in [2.05, 4.69) is 34.2 Å². The highest BCUT2D eigenvalue weighted by Gasteiger charge is 2.08. The highest BCUT2D eigenvalue weighted by Crippen LogP contribution is 2.10. The van der Waals surface area contributed by atoms with E-state index in [1.807, 2.05) is 38.3 Å². The third-order valence-corrected chi connectivity index (χ3v) is 4.16. The molecule has 0 N–H and O–H groups in total. The largest absolute Gasteiger partial charge is 0.383 e. The number of aldehydes is 1. The lowest BCUT2D eigenvalue weighted by Crippen LogP contribution is -2.25. The molecule has 0 unspecified atom stereocenters. The molecule has 4 nitrogen and oxygen atoms in total. The van der Waals surface area contributed by atoms with Gasteiger partial charge in [0.25, 0.3) is 0 Å². The highest BCUT2D eigenvalue weighted by atomic mass is 35.5. The molecule has 1 aliphatic heterocycles. The number of nitrogens with zero attached hydrogens (tertiary/aromatic N) is 3. The van der Waals surface area contributed by atoms with Crippen LogP contribution in [-0.4, -0.2) is 68.5 Å². The fourth-order valence-corrected chi connectivity index (χ4v) is 2.62. The summed E-state index contributed by atoms with van der Waals surface area (Å²) in [5.74, 6) is 0.349. The quantitative estimate of drug-likeness (QED) is 0.272. The van der Waals surface area contributed by atoms with E-state index in [1.165, 1.54) is 0 Å². The highest BCUT2D eigenvalue weighted by molar-refractivity contribution is 6.19. The van der Waals surface area contributed by atoms with Crippen molar-refractivity contribution in [1.82, 2.24) is 9.80 Å². The van der Waals surface area contributed by atoms with E-state index in [4.69, 9.17) is 11.6 Å². The number of hydrogen-bond donors (Lipinski definition) is 0. The van der Waals surface area contributed by atoms with Gasteiger partial charge in [0.2, 0.25) is 0 Å². The summed E-state index contributed by atoms with van der Waals surface area (Å²) in [4.78, 5) is 20.1. The van der Waals surface area contributed by atoms with Crippen LogP contribution in [0.1, 0.15) is 19.3 Å². The molecule has 0 radical (unpaired) electrons. The maximum atomic E-state index is 11.4. The van der Waals surface area contributed by atoms with Gasteiger partial charge in [-0.2, -0.15) is 0 Å². The van der Waals surface area contributed by atoms with Gasteiger partial charge in [-0.1, -0.05) is 18.2 Å². The summed E-state index contributed by atoms with van der Waals surface area (Å²) in [6, 6.07) is 0. The van der Waals surface area contributed by atoms with Gasteiger partial charge >= 0.3 is 0 Å². The summed E-state index contributed by atoms with van der Waals surface area (Å²) >= 11 is 6.07. The van der Waals surface area contributed by atoms with Crippen LogP contribution in [0.5, 0.6) is 0 Å². The Balaban J connectivity index is 2.66. The third kappa shape index (κ3) is 9.42. The van der Waals surface area contributed by atoms with Gasteiger partial charge in [0, 0.05) is 57.3 Å². The normalized spacial score (nSPS) is 17.6. The van der Waals surface area contributed by atoms with Gasteiger partial charge in [-0.3, -0.25) is 9.79 Å². The maximum Gasteiger partial charge on any atom is 0.150 e. The first-order chi connectivity index (χ1) is 12.1. The number of carbonyl (C=O) groups is 1. The zero-order valence-corrected chi connectivity index (χ0v) is 16.4. The molecule has 138 valence electrons. The number of rotatable bonds is 9. The number of carbonyl (C=O) groups excluding carboxylic acids is 1. The van der Waals surface area contributed by atoms with E-state index >= 15 is 0 Å². The van der Waals surface area contributed by atoms with E-state index in [0.717, 1.165) is 49.9 Å². The predicted octanol–water partition coefficient (Wildman–Crippen LogP) is 3.47. The molecular formula is C20H30ClN3O. The molecule has 0 bridgehead atoms. The van der Waals surface area contributed by atoms with E-state index in [0.29, 0.717) is 18.0 Å². The monoisotopic (exact) mass is 363 g/mol. The number of aliphatic imine (C=N–C) groups is 1. The average Bonchev–Trinajstić information content (AvgIpc) is 2.72. The van der Waals surface area contributed by atoms with Crippen LogP contribution in [0.2, 0.25) is 0 Å². The number of alkyl halides is 1. The standard InChI is InChI=1S/C20H30ClN3O/c1-23(2)13-10-18(17-25)19(15-21)16-24(3)14-11-20-9-7-5-4-6-8-12-22-20/h4-5,7,9-10,13,17H,6,8,11-12,14-16H2,1-3H3/b5-4+,9-7?,13-10-,19-18-,22-20?. The number of allylic oxidation sites excluding steroid dienone is 6. The molecule has 0 saturated heterocycles. The second-order valence-electron chi connectivity index (χ2n) is 6.38. The first-order valence-corrected chi connectivity index (χ1v) is 9.23. The van der Waals surface area contributed by atoms with E-state index in [-0.39, 0.29) is 0 Å². The number of likely N-dealkylation sites (N-methyl/N-ethyl adjacent to an activating group) is 1. The summed E-state index contributed by atoms with van der Waals surface area (Å²) in [5, 5.41) is 0. The zero-order valence-electron chi connectivity index (χ0n) is 15.6. The summed E-state index contributed by atoms with van der Waals surface area (Å²) < 4.78 is 0. The summed E-state index contributed by atoms with van der Waals surface area (Å²) in [6.07, 6.45) is 16.0. The van der Waals surface area contributed by atoms with E-state index in [1.54, 1.807) is 0 Å². The Bertz CT molecular complexity index is 559. The van der Waals surface area contributed by atoms with E-state index < -0.39 is 0 Å². The molecule has 0 saturated carbocycles. The van der Waals surface area contributed by atoms with Crippen molar-refractivity contribution in [2.45, 2.75) is 19.3 Å². The summed E-state index contributed by atoms with van der Waals surface area (Å²) in [5.41, 5.74) is 2.71. The molecule has 5 heteroatoms. The van der Waals surface area contributed by atoms with Gasteiger partial charge < -0.3 is 9.80 Å². The molecule has 0 aromatic carbocycles. The Morgan fingerprint density at radius 1 is 1.32 bits per heavy atom. The molecule has 0 atom stereocenters. The fourth-order valence-electron chi connectivity index (χ4n) is 2.38. The predicted molar refractivity (Wildman–Crippen MR) is 109 cm³/mol. The molecule has 0 aromatic heterocycles. The Morgan fingerprint density at radius 2 is 2.12 bits per heavy atom. The van der Waals surface area contributed by atoms with Crippen LogP contribution >= 0.6 is 11.6 Å². The molecule has 1 rings (SSSR count). The smallest absolute Gasteiger partial charge is 0.150 e. The van der Waals surface area contributed by atoms with Crippen molar-refractivity contribution >= 4 is 23.6 Å². The molecule has 1 heterocycles. The zero-order chi connectivity index (χ0) is 18.5. The van der Waals surface area contributed by atoms with Crippen molar-refractivity contribution in [1.29, 1.82) is 0 Å². The van der Waals surface area contributed by atoms with Crippen LogP contribution < -0.4 is 0 Å². The van der Waals surface area contributed by atoms with Gasteiger partial charge in [-0.05, 0) is 43.8 Å². The maximum absolute atomic E-state index is 11.4. The minimum Gasteiger partial charge on any atom is -0.383 e. The van der Waals surface area contributed by atoms with Crippen molar-refractivity contribution in [3.05, 3.63) is 47.7 Å². The summed E-state index contributed by atoms with van der Waals surface area (Å²) in [6.45, 7) is 2.42. The molecule has 0 amide bonds. The van der Waals surface area contributed by atoms with Gasteiger partial charge in [0.05, 0.1) is 0 Å². The Hall–Kier alpha value is -1.65. The molecular weight excluding hydrogens is 334 g/mol. The average molecular weight is 364 g/mol. The Labute approximate surface area is 157 Å². The lowest BCUT2D eigenvalue weighted by molar-refractivity contribution is -0.104. The third-order valence-electron chi connectivity index (χ3n) is 3.84. The van der Waals surface area contributed by atoms with Crippen molar-refractivity contribution in [3.8, 4) is 0 Å². The van der Waals surface area contributed by atoms with Crippen molar-refractivity contribution in [2.75, 3.05) is 46.7 Å². The minimum atomic E-state index is 0.349. The Kier molecular flexibility index (Phi) is 10.8. The Morgan fingerprint density at radius 3 is 2.80 bits per heavy atom. The van der Waals surface area contributed by atoms with Crippen LogP contribution in [0.3, 0.4) is 0 Å². The number of hydrogen-bond acceptors (Lipinski definition) is 4. The molecule has 25 heavy (non-hydrogen) atoms. The second kappa shape index (κ2) is 12.7. The van der Waals surface area contributed by atoms with Crippen molar-refractivity contribution < 1.29 is 4.79 Å². The molecule has 0 fully saturated rings. The first-order valence-electron chi connectivity index (χ1n) is 8.69. The van der Waals surface area contributed by atoms with E-state index in [9.17, 15) is 4.79 Å². The van der Waals surface area contributed by atoms with Gasteiger partial charge in [0.15, 0.2) is 0 Å². The lowest BCUT2D eigenvalue weighted by Gasteiger charge is -2.19. The van der Waals surface area contributed by atoms with Crippen LogP contribution in [0.15, 0.2) is 52.7 Å². The first kappa shape index (κ1) is 21.4. The van der Waals surface area contributed by atoms with Crippen LogP contribution in [0.25, 0.3) is 0 Å².